The van der Waals surface area contributed by atoms with E-state index in [1.165, 1.54) is 19.3 Å². The number of allylic oxidation sites excluding steroid dienone is 1. The number of unbranched alkanes of at least 4 members (excludes halogenated alkanes) is 3. The summed E-state index contributed by atoms with van der Waals surface area (Å²) in [6, 6.07) is 0. The van der Waals surface area contributed by atoms with E-state index in [0.717, 1.165) is 45.2 Å². The minimum absolute atomic E-state index is 0.774. The molecule has 0 aromatic carbocycles. The van der Waals surface area contributed by atoms with E-state index in [1.807, 2.05) is 13.1 Å². The van der Waals surface area contributed by atoms with E-state index in [-0.39, 0.29) is 0 Å². The molecule has 0 aromatic heterocycles. The summed E-state index contributed by atoms with van der Waals surface area (Å²) < 4.78 is 5.07. The third-order valence-corrected chi connectivity index (χ3v) is 3.43. The average molecular weight is 298 g/mol. The lowest BCUT2D eigenvalue weighted by molar-refractivity contribution is 0.162. The number of guanidine groups is 1. The van der Waals surface area contributed by atoms with Crippen molar-refractivity contribution in [3.63, 3.8) is 0 Å². The van der Waals surface area contributed by atoms with Gasteiger partial charge in [0.1, 0.15) is 0 Å². The number of rotatable bonds is 12. The molecule has 0 aliphatic heterocycles. The van der Waals surface area contributed by atoms with Crippen molar-refractivity contribution >= 4 is 5.96 Å². The van der Waals surface area contributed by atoms with E-state index in [1.54, 1.807) is 7.11 Å². The second kappa shape index (κ2) is 13.9. The molecule has 0 heterocycles. The Kier molecular flexibility index (Phi) is 13.2. The Morgan fingerprint density at radius 1 is 1.19 bits per heavy atom. The summed E-state index contributed by atoms with van der Waals surface area (Å²) in [6.45, 7) is 8.39. The van der Waals surface area contributed by atoms with Crippen LogP contribution in [0.5, 0.6) is 0 Å². The average Bonchev–Trinajstić information content (AvgIpc) is 2.49. The smallest absolute Gasteiger partial charge is 0.193 e. The van der Waals surface area contributed by atoms with Crippen LogP contribution < -0.4 is 5.32 Å². The van der Waals surface area contributed by atoms with E-state index in [4.69, 9.17) is 4.74 Å². The van der Waals surface area contributed by atoms with Crippen molar-refractivity contribution in [1.29, 1.82) is 0 Å². The first-order valence-electron chi connectivity index (χ1n) is 7.85. The topological polar surface area (TPSA) is 40.1 Å². The third kappa shape index (κ3) is 11.3. The van der Waals surface area contributed by atoms with Crippen LogP contribution in [0.1, 0.15) is 25.7 Å². The fraction of sp³-hybridized carbons (Fsp3) is 0.812. The van der Waals surface area contributed by atoms with E-state index in [2.05, 4.69) is 40.8 Å². The number of hydrogen-bond donors (Lipinski definition) is 1. The largest absolute Gasteiger partial charge is 0.383 e. The standard InChI is InChI=1S/C16H34N4O/c1-6-7-8-9-10-12-20(4)16(17-2)18-11-13-19(3)14-15-21-5/h6H,1,7-15H2,2-5H3,(H,17,18). The van der Waals surface area contributed by atoms with E-state index < -0.39 is 0 Å². The van der Waals surface area contributed by atoms with Crippen molar-refractivity contribution in [3.8, 4) is 0 Å². The zero-order valence-corrected chi connectivity index (χ0v) is 14.4. The number of aliphatic imine (C=N–C) groups is 1. The SMILES string of the molecule is C=CCCCCCN(C)C(=NC)NCCN(C)CCOC. The summed E-state index contributed by atoms with van der Waals surface area (Å²) >= 11 is 0. The number of ether oxygens (including phenoxy) is 1. The summed E-state index contributed by atoms with van der Waals surface area (Å²) in [4.78, 5) is 8.78. The van der Waals surface area contributed by atoms with E-state index in [9.17, 15) is 0 Å². The molecule has 0 bridgehead atoms. The molecule has 21 heavy (non-hydrogen) atoms. The van der Waals surface area contributed by atoms with Gasteiger partial charge in [0, 0.05) is 47.4 Å². The molecule has 1 N–H and O–H groups in total. The van der Waals surface area contributed by atoms with Gasteiger partial charge in [-0.3, -0.25) is 4.99 Å². The van der Waals surface area contributed by atoms with Gasteiger partial charge in [0.05, 0.1) is 6.61 Å². The van der Waals surface area contributed by atoms with Crippen LogP contribution in [0.25, 0.3) is 0 Å². The number of likely N-dealkylation sites (N-methyl/N-ethyl adjacent to an activating group) is 1. The Hall–Kier alpha value is -1.07. The van der Waals surface area contributed by atoms with Crippen LogP contribution >= 0.6 is 0 Å². The van der Waals surface area contributed by atoms with Crippen molar-refractivity contribution in [1.82, 2.24) is 15.1 Å². The normalized spacial score (nSPS) is 11.8. The van der Waals surface area contributed by atoms with Crippen LogP contribution in [0.3, 0.4) is 0 Å². The molecule has 5 heteroatoms. The second-order valence-corrected chi connectivity index (χ2v) is 5.33. The summed E-state index contributed by atoms with van der Waals surface area (Å²) in [6.07, 6.45) is 6.77. The van der Waals surface area contributed by atoms with Gasteiger partial charge in [-0.1, -0.05) is 12.5 Å². The van der Waals surface area contributed by atoms with Gasteiger partial charge in [-0.15, -0.1) is 6.58 Å². The zero-order valence-electron chi connectivity index (χ0n) is 14.4. The van der Waals surface area contributed by atoms with E-state index >= 15 is 0 Å². The van der Waals surface area contributed by atoms with Gasteiger partial charge >= 0.3 is 0 Å². The quantitative estimate of drug-likeness (QED) is 0.258. The second-order valence-electron chi connectivity index (χ2n) is 5.33. The fourth-order valence-electron chi connectivity index (χ4n) is 2.02. The Morgan fingerprint density at radius 2 is 1.95 bits per heavy atom. The Labute approximate surface area is 131 Å². The van der Waals surface area contributed by atoms with Crippen LogP contribution in [0.15, 0.2) is 17.6 Å². The van der Waals surface area contributed by atoms with Crippen molar-refractivity contribution < 1.29 is 4.74 Å². The Bertz CT molecular complexity index is 281. The lowest BCUT2D eigenvalue weighted by Crippen LogP contribution is -2.42. The molecule has 0 aliphatic carbocycles. The number of methoxy groups -OCH3 is 1. The van der Waals surface area contributed by atoms with Crippen LogP contribution in [-0.4, -0.2) is 76.8 Å². The van der Waals surface area contributed by atoms with E-state index in [0.29, 0.717) is 0 Å². The van der Waals surface area contributed by atoms with Gasteiger partial charge in [0.25, 0.3) is 0 Å². The lowest BCUT2D eigenvalue weighted by atomic mass is 10.2. The molecular weight excluding hydrogens is 264 g/mol. The fourth-order valence-corrected chi connectivity index (χ4v) is 2.02. The van der Waals surface area contributed by atoms with Crippen LogP contribution in [-0.2, 0) is 4.74 Å². The molecule has 0 aliphatic rings. The number of nitrogens with one attached hydrogen (secondary N) is 1. The zero-order chi connectivity index (χ0) is 15.9. The monoisotopic (exact) mass is 298 g/mol. The van der Waals surface area contributed by atoms with Gasteiger partial charge < -0.3 is 19.9 Å². The first kappa shape index (κ1) is 19.9. The highest BCUT2D eigenvalue weighted by atomic mass is 16.5. The molecule has 0 atom stereocenters. The highest BCUT2D eigenvalue weighted by Gasteiger charge is 2.05. The molecule has 124 valence electrons. The molecule has 0 amide bonds. The molecule has 0 radical (unpaired) electrons. The van der Waals surface area contributed by atoms with Crippen LogP contribution in [0.2, 0.25) is 0 Å². The predicted octanol–water partition coefficient (Wildman–Crippen LogP) is 1.82. The molecule has 0 unspecified atom stereocenters. The molecule has 0 fully saturated rings. The van der Waals surface area contributed by atoms with Crippen molar-refractivity contribution in [2.75, 3.05) is 61.0 Å². The van der Waals surface area contributed by atoms with Gasteiger partial charge in [-0.05, 0) is 26.3 Å². The molecule has 0 spiro atoms. The summed E-state index contributed by atoms with van der Waals surface area (Å²) in [5.74, 6) is 0.971. The van der Waals surface area contributed by atoms with Crippen molar-refractivity contribution in [2.45, 2.75) is 25.7 Å². The van der Waals surface area contributed by atoms with Gasteiger partial charge in [0.2, 0.25) is 0 Å². The van der Waals surface area contributed by atoms with Crippen LogP contribution in [0, 0.1) is 0 Å². The maximum Gasteiger partial charge on any atom is 0.193 e. The Morgan fingerprint density at radius 3 is 2.57 bits per heavy atom. The molecule has 5 nitrogen and oxygen atoms in total. The van der Waals surface area contributed by atoms with Crippen molar-refractivity contribution in [2.24, 2.45) is 4.99 Å². The maximum atomic E-state index is 5.07. The molecule has 0 saturated heterocycles. The summed E-state index contributed by atoms with van der Waals surface area (Å²) in [5.41, 5.74) is 0. The molecule has 0 aromatic rings. The molecular formula is C16H34N4O. The van der Waals surface area contributed by atoms with Gasteiger partial charge in [-0.2, -0.15) is 0 Å². The third-order valence-electron chi connectivity index (χ3n) is 3.43. The first-order valence-corrected chi connectivity index (χ1v) is 7.85. The molecule has 0 saturated carbocycles. The van der Waals surface area contributed by atoms with Gasteiger partial charge in [0.15, 0.2) is 5.96 Å². The minimum Gasteiger partial charge on any atom is -0.383 e. The number of hydrogen-bond acceptors (Lipinski definition) is 3. The predicted molar refractivity (Wildman–Crippen MR) is 92.0 cm³/mol. The first-order chi connectivity index (χ1) is 10.2. The van der Waals surface area contributed by atoms with Crippen LogP contribution in [0.4, 0.5) is 0 Å². The molecule has 0 rings (SSSR count). The highest BCUT2D eigenvalue weighted by molar-refractivity contribution is 5.79. The van der Waals surface area contributed by atoms with Gasteiger partial charge in [-0.25, -0.2) is 0 Å². The lowest BCUT2D eigenvalue weighted by Gasteiger charge is -2.23. The Balaban J connectivity index is 3.80. The highest BCUT2D eigenvalue weighted by Crippen LogP contribution is 2.01. The van der Waals surface area contributed by atoms with Crippen molar-refractivity contribution in [3.05, 3.63) is 12.7 Å². The maximum absolute atomic E-state index is 5.07. The minimum atomic E-state index is 0.774. The summed E-state index contributed by atoms with van der Waals surface area (Å²) in [7, 11) is 7.77. The number of nitrogens with zero attached hydrogens (tertiary/aromatic N) is 3. The summed E-state index contributed by atoms with van der Waals surface area (Å²) in [5, 5.41) is 3.41.